The molecule has 0 heterocycles. The number of halogens is 1. The van der Waals surface area contributed by atoms with Gasteiger partial charge in [-0.25, -0.2) is 4.39 Å². The van der Waals surface area contributed by atoms with Crippen molar-refractivity contribution in [3.63, 3.8) is 0 Å². The van der Waals surface area contributed by atoms with E-state index < -0.39 is 0 Å². The van der Waals surface area contributed by atoms with Crippen molar-refractivity contribution in [3.05, 3.63) is 42.1 Å². The molecule has 0 saturated carbocycles. The van der Waals surface area contributed by atoms with Crippen LogP contribution in [-0.2, 0) is 6.42 Å². The van der Waals surface area contributed by atoms with Crippen LogP contribution in [0.2, 0.25) is 0 Å². The van der Waals surface area contributed by atoms with Gasteiger partial charge in [-0.3, -0.25) is 0 Å². The lowest BCUT2D eigenvalue weighted by molar-refractivity contribution is 0.607. The third kappa shape index (κ3) is 1.66. The van der Waals surface area contributed by atoms with Gasteiger partial charge in [-0.1, -0.05) is 26.0 Å². The Kier molecular flexibility index (Phi) is 2.85. The Morgan fingerprint density at radius 2 is 2.17 bits per heavy atom. The van der Waals surface area contributed by atoms with Gasteiger partial charge >= 0.3 is 0 Å². The smallest absolute Gasteiger partial charge is 0.126 e. The SMILES string of the molecule is [CH2]C(C)c1cccc(F)c1CC. The minimum atomic E-state index is -0.106. The van der Waals surface area contributed by atoms with Crippen LogP contribution in [0.1, 0.15) is 30.9 Å². The average molecular weight is 165 g/mol. The number of benzene rings is 1. The summed E-state index contributed by atoms with van der Waals surface area (Å²) in [6.07, 6.45) is 0.738. The second-order valence-electron chi connectivity index (χ2n) is 3.06. The molecule has 0 aromatic heterocycles. The summed E-state index contributed by atoms with van der Waals surface area (Å²) in [5, 5.41) is 0. The molecule has 0 nitrogen and oxygen atoms in total. The van der Waals surface area contributed by atoms with Gasteiger partial charge in [0.25, 0.3) is 0 Å². The number of hydrogen-bond acceptors (Lipinski definition) is 0. The summed E-state index contributed by atoms with van der Waals surface area (Å²) in [5.41, 5.74) is 1.83. The average Bonchev–Trinajstić information content (AvgIpc) is 2.03. The van der Waals surface area contributed by atoms with Crippen LogP contribution in [0.25, 0.3) is 0 Å². The first-order valence-corrected chi connectivity index (χ1v) is 4.27. The van der Waals surface area contributed by atoms with Crippen LogP contribution in [-0.4, -0.2) is 0 Å². The highest BCUT2D eigenvalue weighted by Gasteiger charge is 2.08. The summed E-state index contributed by atoms with van der Waals surface area (Å²) in [7, 11) is 0. The van der Waals surface area contributed by atoms with Crippen LogP contribution < -0.4 is 0 Å². The van der Waals surface area contributed by atoms with Gasteiger partial charge in [-0.2, -0.15) is 0 Å². The van der Waals surface area contributed by atoms with Crippen molar-refractivity contribution in [2.45, 2.75) is 26.2 Å². The van der Waals surface area contributed by atoms with E-state index in [1.807, 2.05) is 19.9 Å². The normalized spacial score (nSPS) is 10.8. The Morgan fingerprint density at radius 1 is 1.50 bits per heavy atom. The van der Waals surface area contributed by atoms with Crippen LogP contribution >= 0.6 is 0 Å². The van der Waals surface area contributed by atoms with Gasteiger partial charge in [0.2, 0.25) is 0 Å². The maximum Gasteiger partial charge on any atom is 0.126 e. The molecule has 1 atom stereocenters. The second kappa shape index (κ2) is 3.70. The fourth-order valence-electron chi connectivity index (χ4n) is 1.41. The predicted octanol–water partition coefficient (Wildman–Crippen LogP) is 3.33. The standard InChI is InChI=1S/C11H14F/c1-4-9-10(8(2)3)6-5-7-11(9)12/h5-8H,2,4H2,1,3H3. The largest absolute Gasteiger partial charge is 0.207 e. The summed E-state index contributed by atoms with van der Waals surface area (Å²) >= 11 is 0. The molecule has 0 aliphatic rings. The zero-order valence-electron chi connectivity index (χ0n) is 7.60. The molecule has 0 saturated heterocycles. The molecule has 0 aliphatic carbocycles. The molecule has 1 radical (unpaired) electrons. The Balaban J connectivity index is 3.18. The van der Waals surface area contributed by atoms with Gasteiger partial charge < -0.3 is 0 Å². The van der Waals surface area contributed by atoms with E-state index in [0.29, 0.717) is 0 Å². The van der Waals surface area contributed by atoms with E-state index in [1.165, 1.54) is 6.07 Å². The molecule has 1 aromatic rings. The molecule has 1 unspecified atom stereocenters. The lowest BCUT2D eigenvalue weighted by Gasteiger charge is -2.11. The van der Waals surface area contributed by atoms with E-state index in [9.17, 15) is 4.39 Å². The summed E-state index contributed by atoms with van der Waals surface area (Å²) in [6, 6.07) is 5.19. The molecular weight excluding hydrogens is 151 g/mol. The van der Waals surface area contributed by atoms with E-state index in [2.05, 4.69) is 6.92 Å². The van der Waals surface area contributed by atoms with Gasteiger partial charge in [0.05, 0.1) is 0 Å². The number of rotatable bonds is 2. The quantitative estimate of drug-likeness (QED) is 0.630. The first-order valence-electron chi connectivity index (χ1n) is 4.27. The van der Waals surface area contributed by atoms with Crippen molar-refractivity contribution in [2.24, 2.45) is 0 Å². The first-order chi connectivity index (χ1) is 5.66. The molecule has 0 spiro atoms. The Bertz CT molecular complexity index is 264. The second-order valence-corrected chi connectivity index (χ2v) is 3.06. The van der Waals surface area contributed by atoms with Crippen molar-refractivity contribution in [1.82, 2.24) is 0 Å². The van der Waals surface area contributed by atoms with Crippen LogP contribution in [0.5, 0.6) is 0 Å². The molecule has 65 valence electrons. The molecule has 1 aromatic carbocycles. The zero-order valence-corrected chi connectivity index (χ0v) is 7.60. The lowest BCUT2D eigenvalue weighted by Crippen LogP contribution is -1.98. The molecular formula is C11H14F. The van der Waals surface area contributed by atoms with Gasteiger partial charge in [-0.15, -0.1) is 0 Å². The van der Waals surface area contributed by atoms with E-state index in [-0.39, 0.29) is 11.7 Å². The van der Waals surface area contributed by atoms with E-state index in [4.69, 9.17) is 0 Å². The zero-order chi connectivity index (χ0) is 9.14. The molecule has 0 bridgehead atoms. The minimum Gasteiger partial charge on any atom is -0.207 e. The molecule has 1 heteroatoms. The monoisotopic (exact) mass is 165 g/mol. The molecule has 12 heavy (non-hydrogen) atoms. The Labute approximate surface area is 73.4 Å². The van der Waals surface area contributed by atoms with Crippen LogP contribution in [0.3, 0.4) is 0 Å². The van der Waals surface area contributed by atoms with Crippen molar-refractivity contribution in [2.75, 3.05) is 0 Å². The van der Waals surface area contributed by atoms with Gasteiger partial charge in [0.15, 0.2) is 0 Å². The van der Waals surface area contributed by atoms with Crippen molar-refractivity contribution < 1.29 is 4.39 Å². The molecule has 0 N–H and O–H groups in total. The van der Waals surface area contributed by atoms with E-state index in [1.54, 1.807) is 6.07 Å². The summed E-state index contributed by atoms with van der Waals surface area (Å²) < 4.78 is 13.2. The molecule has 0 fully saturated rings. The molecule has 0 aliphatic heterocycles. The Hall–Kier alpha value is -0.850. The Morgan fingerprint density at radius 3 is 2.58 bits per heavy atom. The van der Waals surface area contributed by atoms with Crippen LogP contribution in [0.15, 0.2) is 18.2 Å². The summed E-state index contributed by atoms with van der Waals surface area (Å²) in [5.74, 6) is 0.0566. The van der Waals surface area contributed by atoms with Crippen molar-refractivity contribution in [1.29, 1.82) is 0 Å². The van der Waals surface area contributed by atoms with Gasteiger partial charge in [0.1, 0.15) is 5.82 Å². The fraction of sp³-hybridized carbons (Fsp3) is 0.364. The number of hydrogen-bond donors (Lipinski definition) is 0. The highest BCUT2D eigenvalue weighted by molar-refractivity contribution is 5.31. The fourth-order valence-corrected chi connectivity index (χ4v) is 1.41. The maximum atomic E-state index is 13.2. The van der Waals surface area contributed by atoms with Crippen LogP contribution in [0, 0.1) is 12.7 Å². The topological polar surface area (TPSA) is 0 Å². The molecule has 0 amide bonds. The lowest BCUT2D eigenvalue weighted by atomic mass is 9.95. The molecule has 1 rings (SSSR count). The van der Waals surface area contributed by atoms with Gasteiger partial charge in [-0.05, 0) is 36.5 Å². The first kappa shape index (κ1) is 9.24. The third-order valence-corrected chi connectivity index (χ3v) is 2.04. The third-order valence-electron chi connectivity index (χ3n) is 2.04. The maximum absolute atomic E-state index is 13.2. The van der Waals surface area contributed by atoms with E-state index >= 15 is 0 Å². The van der Waals surface area contributed by atoms with Gasteiger partial charge in [0, 0.05) is 0 Å². The highest BCUT2D eigenvalue weighted by Crippen LogP contribution is 2.21. The summed E-state index contributed by atoms with van der Waals surface area (Å²) in [4.78, 5) is 0. The summed E-state index contributed by atoms with van der Waals surface area (Å²) in [6.45, 7) is 7.83. The van der Waals surface area contributed by atoms with E-state index in [0.717, 1.165) is 17.5 Å². The minimum absolute atomic E-state index is 0.106. The van der Waals surface area contributed by atoms with Crippen molar-refractivity contribution >= 4 is 0 Å². The van der Waals surface area contributed by atoms with Crippen molar-refractivity contribution in [3.8, 4) is 0 Å². The highest BCUT2D eigenvalue weighted by atomic mass is 19.1. The predicted molar refractivity (Wildman–Crippen MR) is 49.6 cm³/mol. The van der Waals surface area contributed by atoms with Crippen LogP contribution in [0.4, 0.5) is 4.39 Å².